The van der Waals surface area contributed by atoms with E-state index in [4.69, 9.17) is 4.74 Å². The summed E-state index contributed by atoms with van der Waals surface area (Å²) in [6, 6.07) is 6.73. The Hall–Kier alpha value is -2.81. The maximum absolute atomic E-state index is 11.5. The lowest BCUT2D eigenvalue weighted by atomic mass is 9.78. The van der Waals surface area contributed by atoms with Crippen LogP contribution in [-0.4, -0.2) is 30.2 Å². The summed E-state index contributed by atoms with van der Waals surface area (Å²) in [5, 5.41) is 9.35. The fourth-order valence-corrected chi connectivity index (χ4v) is 2.64. The molecule has 108 valence electrons. The van der Waals surface area contributed by atoms with Crippen molar-refractivity contribution in [1.82, 2.24) is 0 Å². The number of para-hydroxylation sites is 1. The fourth-order valence-electron chi connectivity index (χ4n) is 2.64. The molecule has 1 heterocycles. The van der Waals surface area contributed by atoms with Crippen LogP contribution >= 0.6 is 0 Å². The minimum absolute atomic E-state index is 0.00675. The van der Waals surface area contributed by atoms with E-state index < -0.39 is 11.5 Å². The van der Waals surface area contributed by atoms with Crippen LogP contribution in [0.4, 0.5) is 10.5 Å². The van der Waals surface area contributed by atoms with Gasteiger partial charge in [0.05, 0.1) is 18.2 Å². The monoisotopic (exact) mass is 287 g/mol. The Labute approximate surface area is 120 Å². The summed E-state index contributed by atoms with van der Waals surface area (Å²) in [6.07, 6.45) is -1.25. The topological polar surface area (TPSA) is 83.9 Å². The lowest BCUT2D eigenvalue weighted by Gasteiger charge is -2.25. The van der Waals surface area contributed by atoms with Crippen LogP contribution in [0.15, 0.2) is 35.7 Å². The average molecular weight is 287 g/mol. The summed E-state index contributed by atoms with van der Waals surface area (Å²) in [5.41, 5.74) is -0.0804. The van der Waals surface area contributed by atoms with Gasteiger partial charge in [0.15, 0.2) is 11.7 Å². The predicted molar refractivity (Wildman–Crippen MR) is 74.3 cm³/mol. The molecule has 6 heteroatoms. The zero-order valence-corrected chi connectivity index (χ0v) is 11.5. The minimum Gasteiger partial charge on any atom is -0.490 e. The highest BCUT2D eigenvalue weighted by atomic mass is 16.5. The molecule has 1 aromatic rings. The number of carbonyl (C=O) groups is 1. The van der Waals surface area contributed by atoms with Gasteiger partial charge >= 0.3 is 6.09 Å². The lowest BCUT2D eigenvalue weighted by molar-refractivity contribution is 0.203. The molecule has 0 aliphatic carbocycles. The van der Waals surface area contributed by atoms with Crippen molar-refractivity contribution in [2.45, 2.75) is 18.8 Å². The molecule has 0 radical (unpaired) electrons. The van der Waals surface area contributed by atoms with E-state index in [2.05, 4.69) is 0 Å². The molecule has 0 aromatic heterocycles. The van der Waals surface area contributed by atoms with Gasteiger partial charge in [0.2, 0.25) is 0 Å². The first-order chi connectivity index (χ1) is 9.99. The Morgan fingerprint density at radius 1 is 1.38 bits per heavy atom. The second-order valence-corrected chi connectivity index (χ2v) is 4.82. The van der Waals surface area contributed by atoms with Crippen LogP contribution in [-0.2, 0) is 19.7 Å². The number of benzene rings is 1. The predicted octanol–water partition coefficient (Wildman–Crippen LogP) is 1.91. The zero-order chi connectivity index (χ0) is 15.6. The molecule has 0 bridgehead atoms. The molecule has 2 rings (SSSR count). The third-order valence-corrected chi connectivity index (χ3v) is 3.65. The van der Waals surface area contributed by atoms with Crippen molar-refractivity contribution in [1.29, 1.82) is 0 Å². The normalized spacial score (nSPS) is 19.5. The van der Waals surface area contributed by atoms with Gasteiger partial charge in [-0.25, -0.2) is 19.3 Å². The first kappa shape index (κ1) is 14.6. The summed E-state index contributed by atoms with van der Waals surface area (Å²) in [6.45, 7) is 1.67. The molecule has 1 aliphatic heterocycles. The second-order valence-electron chi connectivity index (χ2n) is 4.82. The molecule has 1 aliphatic rings. The quantitative estimate of drug-likeness (QED) is 0.678. The van der Waals surface area contributed by atoms with Crippen molar-refractivity contribution < 1.29 is 24.2 Å². The first-order valence-electron chi connectivity index (χ1n) is 6.15. The molecule has 0 saturated heterocycles. The number of carbonyl (C=O) groups excluding carboxylic acids is 2. The molecule has 1 aromatic carbocycles. The zero-order valence-electron chi connectivity index (χ0n) is 11.5. The van der Waals surface area contributed by atoms with E-state index in [1.807, 2.05) is 0 Å². The molecular formula is C15H13NO5. The van der Waals surface area contributed by atoms with Gasteiger partial charge in [-0.2, -0.15) is 0 Å². The number of methoxy groups -OCH3 is 1. The van der Waals surface area contributed by atoms with Crippen LogP contribution in [0.2, 0.25) is 0 Å². The molecule has 1 N–H and O–H groups in total. The van der Waals surface area contributed by atoms with Crippen molar-refractivity contribution in [3.63, 3.8) is 0 Å². The van der Waals surface area contributed by atoms with Gasteiger partial charge in [-0.15, -0.1) is 0 Å². The number of amides is 1. The molecule has 0 fully saturated rings. The third-order valence-electron chi connectivity index (χ3n) is 3.65. The number of nitrogens with zero attached hydrogens (tertiary/aromatic N) is 1. The highest BCUT2D eigenvalue weighted by molar-refractivity contribution is 5.98. The molecule has 21 heavy (non-hydrogen) atoms. The van der Waals surface area contributed by atoms with E-state index in [1.165, 1.54) is 7.11 Å². The van der Waals surface area contributed by atoms with Crippen molar-refractivity contribution in [3.8, 4) is 0 Å². The number of hydrogen-bond acceptors (Lipinski definition) is 4. The number of rotatable bonds is 3. The van der Waals surface area contributed by atoms with E-state index in [-0.39, 0.29) is 17.9 Å². The highest BCUT2D eigenvalue weighted by Crippen LogP contribution is 2.49. The van der Waals surface area contributed by atoms with Crippen LogP contribution in [0.25, 0.3) is 0 Å². The minimum atomic E-state index is -1.28. The van der Waals surface area contributed by atoms with Crippen molar-refractivity contribution in [2.75, 3.05) is 12.0 Å². The molecule has 0 saturated carbocycles. The van der Waals surface area contributed by atoms with Crippen molar-refractivity contribution in [3.05, 3.63) is 41.3 Å². The van der Waals surface area contributed by atoms with Gasteiger partial charge < -0.3 is 9.84 Å². The van der Waals surface area contributed by atoms with Crippen molar-refractivity contribution in [2.24, 2.45) is 0 Å². The van der Waals surface area contributed by atoms with Gasteiger partial charge in [-0.3, -0.25) is 0 Å². The summed E-state index contributed by atoms with van der Waals surface area (Å²) in [7, 11) is 1.32. The number of anilines is 1. The average Bonchev–Trinajstić information content (AvgIpc) is 2.74. The van der Waals surface area contributed by atoms with Gasteiger partial charge in [0, 0.05) is 6.42 Å². The maximum atomic E-state index is 11.5. The first-order valence-corrected chi connectivity index (χ1v) is 6.15. The Morgan fingerprint density at radius 2 is 2.05 bits per heavy atom. The Balaban J connectivity index is 2.68. The SMILES string of the molecule is COC(=C=O)CC1(C)C(=C=O)N(C(=O)O)c2ccccc21. The molecule has 1 amide bonds. The number of allylic oxidation sites excluding steroid dienone is 2. The fraction of sp³-hybridized carbons (Fsp3) is 0.267. The number of fused-ring (bicyclic) bond motifs is 1. The van der Waals surface area contributed by atoms with Gasteiger partial charge in [0.1, 0.15) is 11.6 Å². The van der Waals surface area contributed by atoms with Gasteiger partial charge in [-0.1, -0.05) is 18.2 Å². The van der Waals surface area contributed by atoms with Crippen LogP contribution in [0, 0.1) is 0 Å². The largest absolute Gasteiger partial charge is 0.490 e. The van der Waals surface area contributed by atoms with Crippen LogP contribution < -0.4 is 4.90 Å². The number of hydrogen-bond donors (Lipinski definition) is 1. The van der Waals surface area contributed by atoms with E-state index in [0.29, 0.717) is 11.3 Å². The van der Waals surface area contributed by atoms with E-state index in [0.717, 1.165) is 4.90 Å². The van der Waals surface area contributed by atoms with Crippen LogP contribution in [0.5, 0.6) is 0 Å². The van der Waals surface area contributed by atoms with Crippen molar-refractivity contribution >= 4 is 23.7 Å². The summed E-state index contributed by atoms with van der Waals surface area (Å²) < 4.78 is 4.91. The summed E-state index contributed by atoms with van der Waals surface area (Å²) >= 11 is 0. The molecule has 1 unspecified atom stereocenters. The third kappa shape index (κ3) is 2.13. The summed E-state index contributed by atoms with van der Waals surface area (Å²) in [4.78, 5) is 34.6. The molecule has 1 atom stereocenters. The van der Waals surface area contributed by atoms with Crippen LogP contribution in [0.3, 0.4) is 0 Å². The lowest BCUT2D eigenvalue weighted by Crippen LogP contribution is -2.33. The summed E-state index contributed by atoms with van der Waals surface area (Å²) in [5.74, 6) is 3.36. The molecule has 6 nitrogen and oxygen atoms in total. The Kier molecular flexibility index (Phi) is 3.68. The number of carboxylic acid groups (broad SMARTS) is 1. The van der Waals surface area contributed by atoms with Crippen LogP contribution in [0.1, 0.15) is 18.9 Å². The maximum Gasteiger partial charge on any atom is 0.416 e. The highest BCUT2D eigenvalue weighted by Gasteiger charge is 2.48. The number of ether oxygens (including phenoxy) is 1. The Morgan fingerprint density at radius 3 is 2.57 bits per heavy atom. The standard InChI is InChI=1S/C15H13NO5/c1-15(7-10(8-17)21-2)11-5-3-4-6-12(11)16(14(19)20)13(15)9-18/h3-6H,7H2,1-2H3,(H,19,20). The Bertz CT molecular complexity index is 698. The van der Waals surface area contributed by atoms with E-state index >= 15 is 0 Å². The van der Waals surface area contributed by atoms with E-state index in [9.17, 15) is 19.5 Å². The smallest absolute Gasteiger partial charge is 0.416 e. The van der Waals surface area contributed by atoms with Gasteiger partial charge in [-0.05, 0) is 18.6 Å². The molecular weight excluding hydrogens is 274 g/mol. The molecule has 0 spiro atoms. The van der Waals surface area contributed by atoms with Gasteiger partial charge in [0.25, 0.3) is 0 Å². The van der Waals surface area contributed by atoms with E-state index in [1.54, 1.807) is 43.1 Å². The second kappa shape index (κ2) is 5.29.